The summed E-state index contributed by atoms with van der Waals surface area (Å²) in [6, 6.07) is 8.21. The predicted molar refractivity (Wildman–Crippen MR) is 133 cm³/mol. The Kier molecular flexibility index (Phi) is 10.1. The van der Waals surface area contributed by atoms with E-state index in [0.29, 0.717) is 36.8 Å². The van der Waals surface area contributed by atoms with Crippen molar-refractivity contribution in [2.75, 3.05) is 44.9 Å². The number of hydrogen-bond acceptors (Lipinski definition) is 6. The van der Waals surface area contributed by atoms with E-state index in [4.69, 9.17) is 27.9 Å². The van der Waals surface area contributed by atoms with Gasteiger partial charge in [0, 0.05) is 29.5 Å². The minimum Gasteiger partial charge on any atom is -0.379 e. The SMILES string of the molecule is CSCC[C@H](NC(=O)c1ccc(Cl)cc1Cl)C(=O)NC[C@H](c1cccs1)N1CCOCC1. The number of morpholine rings is 1. The lowest BCUT2D eigenvalue weighted by Gasteiger charge is -2.34. The summed E-state index contributed by atoms with van der Waals surface area (Å²) in [4.78, 5) is 29.4. The maximum Gasteiger partial charge on any atom is 0.253 e. The molecule has 1 fully saturated rings. The van der Waals surface area contributed by atoms with E-state index < -0.39 is 11.9 Å². The number of nitrogens with one attached hydrogen (secondary N) is 2. The lowest BCUT2D eigenvalue weighted by molar-refractivity contribution is -0.123. The Hall–Kier alpha value is -1.29. The fraction of sp³-hybridized carbons (Fsp3) is 0.455. The summed E-state index contributed by atoms with van der Waals surface area (Å²) in [6.45, 7) is 3.47. The number of halogens is 2. The number of nitrogens with zero attached hydrogens (tertiary/aromatic N) is 1. The van der Waals surface area contributed by atoms with E-state index in [-0.39, 0.29) is 17.0 Å². The molecule has 174 valence electrons. The standard InChI is InChI=1S/C22H27Cl2N3O3S2/c1-31-12-6-18(26-21(28)16-5-4-15(23)13-17(16)24)22(29)25-14-19(20-3-2-11-32-20)27-7-9-30-10-8-27/h2-5,11,13,18-19H,6-10,12,14H2,1H3,(H,25,29)(H,26,28)/t18-,19+/m0/s1. The van der Waals surface area contributed by atoms with Crippen LogP contribution in [-0.4, -0.2) is 67.6 Å². The second-order valence-electron chi connectivity index (χ2n) is 7.36. The van der Waals surface area contributed by atoms with Crippen LogP contribution in [-0.2, 0) is 9.53 Å². The fourth-order valence-electron chi connectivity index (χ4n) is 3.51. The average molecular weight is 517 g/mol. The summed E-state index contributed by atoms with van der Waals surface area (Å²) in [5.41, 5.74) is 0.294. The Bertz CT molecular complexity index is 893. The van der Waals surface area contributed by atoms with Gasteiger partial charge in [0.05, 0.1) is 29.8 Å². The first-order valence-electron chi connectivity index (χ1n) is 10.4. The largest absolute Gasteiger partial charge is 0.379 e. The number of ether oxygens (including phenoxy) is 1. The van der Waals surface area contributed by atoms with Crippen molar-refractivity contribution >= 4 is 58.1 Å². The van der Waals surface area contributed by atoms with Crippen molar-refractivity contribution in [3.05, 3.63) is 56.2 Å². The monoisotopic (exact) mass is 515 g/mol. The number of benzene rings is 1. The first-order valence-corrected chi connectivity index (χ1v) is 13.4. The van der Waals surface area contributed by atoms with Gasteiger partial charge < -0.3 is 15.4 Å². The molecule has 1 aromatic carbocycles. The molecule has 1 aromatic heterocycles. The van der Waals surface area contributed by atoms with Crippen LogP contribution in [0.15, 0.2) is 35.7 Å². The van der Waals surface area contributed by atoms with Crippen molar-refractivity contribution in [3.63, 3.8) is 0 Å². The second kappa shape index (κ2) is 12.8. The molecule has 0 bridgehead atoms. The van der Waals surface area contributed by atoms with Crippen LogP contribution in [0.4, 0.5) is 0 Å². The molecule has 0 unspecified atom stereocenters. The Morgan fingerprint density at radius 1 is 1.25 bits per heavy atom. The lowest BCUT2D eigenvalue weighted by atomic mass is 10.1. The zero-order valence-corrected chi connectivity index (χ0v) is 21.0. The molecule has 2 N–H and O–H groups in total. The number of hydrogen-bond donors (Lipinski definition) is 2. The van der Waals surface area contributed by atoms with Crippen molar-refractivity contribution in [3.8, 4) is 0 Å². The summed E-state index contributed by atoms with van der Waals surface area (Å²) in [5.74, 6) is 0.146. The molecule has 1 saturated heterocycles. The highest BCUT2D eigenvalue weighted by atomic mass is 35.5. The number of amides is 2. The van der Waals surface area contributed by atoms with Crippen LogP contribution in [0.25, 0.3) is 0 Å². The Balaban J connectivity index is 1.67. The zero-order chi connectivity index (χ0) is 22.9. The normalized spacial score (nSPS) is 16.3. The first-order chi connectivity index (χ1) is 15.5. The number of thiophene rings is 1. The van der Waals surface area contributed by atoms with E-state index in [1.807, 2.05) is 17.7 Å². The molecule has 6 nitrogen and oxygen atoms in total. The van der Waals surface area contributed by atoms with E-state index in [1.54, 1.807) is 35.2 Å². The molecule has 1 aliphatic rings. The van der Waals surface area contributed by atoms with Gasteiger partial charge in [0.25, 0.3) is 5.91 Å². The van der Waals surface area contributed by atoms with E-state index in [9.17, 15) is 9.59 Å². The minimum absolute atomic E-state index is 0.0745. The third-order valence-electron chi connectivity index (χ3n) is 5.24. The first kappa shape index (κ1) is 25.3. The van der Waals surface area contributed by atoms with Gasteiger partial charge in [-0.25, -0.2) is 0 Å². The maximum atomic E-state index is 13.1. The highest BCUT2D eigenvalue weighted by Gasteiger charge is 2.27. The molecule has 32 heavy (non-hydrogen) atoms. The van der Waals surface area contributed by atoms with Crippen molar-refractivity contribution in [2.24, 2.45) is 0 Å². The molecule has 0 saturated carbocycles. The molecular formula is C22H27Cl2N3O3S2. The average Bonchev–Trinajstić information content (AvgIpc) is 3.31. The summed E-state index contributed by atoms with van der Waals surface area (Å²) < 4.78 is 5.48. The molecule has 2 atom stereocenters. The Labute approximate surface area is 207 Å². The minimum atomic E-state index is -0.657. The zero-order valence-electron chi connectivity index (χ0n) is 17.8. The molecule has 10 heteroatoms. The van der Waals surface area contributed by atoms with Crippen LogP contribution in [0.2, 0.25) is 10.0 Å². The van der Waals surface area contributed by atoms with E-state index in [0.717, 1.165) is 18.8 Å². The smallest absolute Gasteiger partial charge is 0.253 e. The van der Waals surface area contributed by atoms with Crippen LogP contribution in [0.5, 0.6) is 0 Å². The van der Waals surface area contributed by atoms with Crippen molar-refractivity contribution in [1.29, 1.82) is 0 Å². The number of thioether (sulfide) groups is 1. The van der Waals surface area contributed by atoms with E-state index >= 15 is 0 Å². The van der Waals surface area contributed by atoms with Crippen LogP contribution >= 0.6 is 46.3 Å². The molecule has 3 rings (SSSR count). The molecule has 0 spiro atoms. The van der Waals surface area contributed by atoms with Crippen molar-refractivity contribution < 1.29 is 14.3 Å². The lowest BCUT2D eigenvalue weighted by Crippen LogP contribution is -2.50. The Morgan fingerprint density at radius 2 is 2.03 bits per heavy atom. The maximum absolute atomic E-state index is 13.1. The summed E-state index contributed by atoms with van der Waals surface area (Å²) in [6.07, 6.45) is 2.49. The topological polar surface area (TPSA) is 70.7 Å². The molecule has 2 aromatic rings. The van der Waals surface area contributed by atoms with Crippen LogP contribution < -0.4 is 10.6 Å². The van der Waals surface area contributed by atoms with Gasteiger partial charge >= 0.3 is 0 Å². The van der Waals surface area contributed by atoms with Gasteiger partial charge in [0.15, 0.2) is 0 Å². The Morgan fingerprint density at radius 3 is 2.69 bits per heavy atom. The summed E-state index contributed by atoms with van der Waals surface area (Å²) in [7, 11) is 0. The third kappa shape index (κ3) is 7.10. The highest BCUT2D eigenvalue weighted by molar-refractivity contribution is 7.98. The molecular weight excluding hydrogens is 489 g/mol. The molecule has 2 amide bonds. The van der Waals surface area contributed by atoms with Gasteiger partial charge in [-0.1, -0.05) is 29.3 Å². The van der Waals surface area contributed by atoms with E-state index in [1.165, 1.54) is 10.9 Å². The second-order valence-corrected chi connectivity index (χ2v) is 10.2. The predicted octanol–water partition coefficient (Wildman–Crippen LogP) is 4.10. The van der Waals surface area contributed by atoms with Crippen molar-refractivity contribution in [1.82, 2.24) is 15.5 Å². The van der Waals surface area contributed by atoms with Crippen molar-refractivity contribution in [2.45, 2.75) is 18.5 Å². The number of carbonyl (C=O) groups is 2. The highest BCUT2D eigenvalue weighted by Crippen LogP contribution is 2.25. The van der Waals surface area contributed by atoms with Gasteiger partial charge in [-0.2, -0.15) is 11.8 Å². The van der Waals surface area contributed by atoms with Crippen LogP contribution in [0, 0.1) is 0 Å². The summed E-state index contributed by atoms with van der Waals surface area (Å²) in [5, 5.41) is 8.66. The van der Waals surface area contributed by atoms with Gasteiger partial charge in [0.1, 0.15) is 6.04 Å². The quantitative estimate of drug-likeness (QED) is 0.498. The van der Waals surface area contributed by atoms with Crippen LogP contribution in [0.1, 0.15) is 27.7 Å². The molecule has 2 heterocycles. The van der Waals surface area contributed by atoms with Gasteiger partial charge in [-0.15, -0.1) is 11.3 Å². The van der Waals surface area contributed by atoms with E-state index in [2.05, 4.69) is 21.6 Å². The van der Waals surface area contributed by atoms with Gasteiger partial charge in [-0.05, 0) is 48.1 Å². The van der Waals surface area contributed by atoms with Gasteiger partial charge in [0.2, 0.25) is 5.91 Å². The number of rotatable bonds is 10. The van der Waals surface area contributed by atoms with Gasteiger partial charge in [-0.3, -0.25) is 14.5 Å². The third-order valence-corrected chi connectivity index (χ3v) is 7.40. The van der Waals surface area contributed by atoms with Crippen LogP contribution in [0.3, 0.4) is 0 Å². The molecule has 0 radical (unpaired) electrons. The number of carbonyl (C=O) groups excluding carboxylic acids is 2. The molecule has 0 aliphatic carbocycles. The molecule has 1 aliphatic heterocycles. The summed E-state index contributed by atoms with van der Waals surface area (Å²) >= 11 is 15.4. The fourth-order valence-corrected chi connectivity index (χ4v) is 5.34.